The summed E-state index contributed by atoms with van der Waals surface area (Å²) in [5, 5.41) is 7.13. The fourth-order valence-electron chi connectivity index (χ4n) is 1.92. The normalized spacial score (nSPS) is 22.6. The Labute approximate surface area is 82.3 Å². The lowest BCUT2D eigenvalue weighted by molar-refractivity contribution is 0.915. The van der Waals surface area contributed by atoms with E-state index in [9.17, 15) is 0 Å². The Kier molecular flexibility index (Phi) is 1.53. The minimum Gasteiger partial charge on any atom is -0.281 e. The lowest BCUT2D eigenvalue weighted by Gasteiger charge is -2.16. The van der Waals surface area contributed by atoms with E-state index >= 15 is 0 Å². The van der Waals surface area contributed by atoms with E-state index in [2.05, 4.69) is 52.7 Å². The average molecular weight is 182 g/mol. The summed E-state index contributed by atoms with van der Waals surface area (Å²) in [6.07, 6.45) is 16.7. The number of aromatic amines is 1. The van der Waals surface area contributed by atoms with Crippen LogP contribution in [-0.4, -0.2) is 10.2 Å². The Morgan fingerprint density at radius 3 is 3.14 bits per heavy atom. The lowest BCUT2D eigenvalue weighted by Crippen LogP contribution is -2.03. The molecule has 0 fully saturated rings. The van der Waals surface area contributed by atoms with Gasteiger partial charge in [0.25, 0.3) is 0 Å². The number of hydrogen-bond donors (Lipinski definition) is 1. The second-order valence-electron chi connectivity index (χ2n) is 3.49. The largest absolute Gasteiger partial charge is 0.281 e. The van der Waals surface area contributed by atoms with Crippen LogP contribution in [-0.2, 0) is 0 Å². The van der Waals surface area contributed by atoms with Crippen LogP contribution >= 0.6 is 0 Å². The summed E-state index contributed by atoms with van der Waals surface area (Å²) >= 11 is 0. The van der Waals surface area contributed by atoms with E-state index in [1.54, 1.807) is 0 Å². The molecule has 1 aromatic rings. The van der Waals surface area contributed by atoms with Gasteiger partial charge in [0.15, 0.2) is 0 Å². The van der Waals surface area contributed by atoms with Crippen molar-refractivity contribution in [3.05, 3.63) is 59.5 Å². The van der Waals surface area contributed by atoms with Crippen molar-refractivity contribution in [2.75, 3.05) is 0 Å². The summed E-state index contributed by atoms with van der Waals surface area (Å²) in [6.45, 7) is 0. The third-order valence-electron chi connectivity index (χ3n) is 2.64. The average Bonchev–Trinajstić information content (AvgIpc) is 2.55. The lowest BCUT2D eigenvalue weighted by atomic mass is 9.88. The van der Waals surface area contributed by atoms with Gasteiger partial charge in [-0.2, -0.15) is 5.10 Å². The Hall–Kier alpha value is -1.83. The zero-order chi connectivity index (χ0) is 9.38. The highest BCUT2D eigenvalue weighted by atomic mass is 15.1. The van der Waals surface area contributed by atoms with E-state index in [4.69, 9.17) is 0 Å². The number of hydrogen-bond acceptors (Lipinski definition) is 1. The molecule has 1 heterocycles. The molecule has 0 saturated carbocycles. The van der Waals surface area contributed by atoms with Crippen LogP contribution in [0.15, 0.2) is 48.2 Å². The number of rotatable bonds is 0. The third-order valence-corrected chi connectivity index (χ3v) is 2.64. The molecule has 1 unspecified atom stereocenters. The van der Waals surface area contributed by atoms with Gasteiger partial charge in [-0.15, -0.1) is 0 Å². The first-order valence-electron chi connectivity index (χ1n) is 4.71. The molecule has 0 saturated heterocycles. The molecule has 0 aromatic carbocycles. The van der Waals surface area contributed by atoms with Crippen LogP contribution in [0.3, 0.4) is 0 Å². The van der Waals surface area contributed by atoms with Gasteiger partial charge in [0, 0.05) is 11.5 Å². The summed E-state index contributed by atoms with van der Waals surface area (Å²) in [7, 11) is 0. The predicted molar refractivity (Wildman–Crippen MR) is 56.7 cm³/mol. The molecule has 2 heteroatoms. The quantitative estimate of drug-likeness (QED) is 0.656. The molecule has 2 nitrogen and oxygen atoms in total. The van der Waals surface area contributed by atoms with Crippen LogP contribution in [0.2, 0.25) is 0 Å². The molecule has 2 aliphatic rings. The van der Waals surface area contributed by atoms with Crippen molar-refractivity contribution in [1.29, 1.82) is 0 Å². The van der Waals surface area contributed by atoms with Gasteiger partial charge in [-0.25, -0.2) is 0 Å². The van der Waals surface area contributed by atoms with Gasteiger partial charge in [-0.1, -0.05) is 42.5 Å². The van der Waals surface area contributed by atoms with Crippen LogP contribution in [0, 0.1) is 0 Å². The van der Waals surface area contributed by atoms with Crippen LogP contribution in [0.4, 0.5) is 0 Å². The van der Waals surface area contributed by atoms with Gasteiger partial charge >= 0.3 is 0 Å². The molecule has 68 valence electrons. The van der Waals surface area contributed by atoms with E-state index < -0.39 is 0 Å². The first kappa shape index (κ1) is 7.56. The number of H-pyrrole nitrogens is 1. The fourth-order valence-corrected chi connectivity index (χ4v) is 1.92. The van der Waals surface area contributed by atoms with E-state index in [-0.39, 0.29) is 0 Å². The van der Waals surface area contributed by atoms with Crippen molar-refractivity contribution in [3.63, 3.8) is 0 Å². The van der Waals surface area contributed by atoms with Gasteiger partial charge in [-0.3, -0.25) is 5.10 Å². The van der Waals surface area contributed by atoms with Crippen molar-refractivity contribution >= 4 is 6.08 Å². The van der Waals surface area contributed by atoms with Crippen molar-refractivity contribution in [1.82, 2.24) is 10.2 Å². The Balaban J connectivity index is 2.19. The number of nitrogens with zero attached hydrogens (tertiary/aromatic N) is 1. The molecule has 3 rings (SSSR count). The second kappa shape index (κ2) is 2.84. The summed E-state index contributed by atoms with van der Waals surface area (Å²) in [5.74, 6) is 0.340. The van der Waals surface area contributed by atoms with Gasteiger partial charge in [-0.05, 0) is 5.57 Å². The smallest absolute Gasteiger partial charge is 0.0563 e. The molecule has 0 bridgehead atoms. The van der Waals surface area contributed by atoms with Crippen LogP contribution in [0.25, 0.3) is 6.08 Å². The maximum atomic E-state index is 4.07. The minimum absolute atomic E-state index is 0.340. The molecule has 1 N–H and O–H groups in total. The van der Waals surface area contributed by atoms with Gasteiger partial charge in [0.1, 0.15) is 0 Å². The highest BCUT2D eigenvalue weighted by molar-refractivity contribution is 5.64. The standard InChI is InChI=1S/C12H10N2/c1-2-4-9-6-7-10-8-13-14-12(10)11(9)5-3-1/h1-8,11H,(H,13,14). The highest BCUT2D eigenvalue weighted by Gasteiger charge is 2.20. The highest BCUT2D eigenvalue weighted by Crippen LogP contribution is 2.33. The number of allylic oxidation sites excluding steroid dienone is 7. The number of nitrogens with one attached hydrogen (secondary N) is 1. The minimum atomic E-state index is 0.340. The van der Waals surface area contributed by atoms with Crippen LogP contribution in [0.5, 0.6) is 0 Å². The molecule has 14 heavy (non-hydrogen) atoms. The van der Waals surface area contributed by atoms with Crippen molar-refractivity contribution < 1.29 is 0 Å². The Bertz CT molecular complexity index is 472. The first-order chi connectivity index (χ1) is 6.95. The first-order valence-corrected chi connectivity index (χ1v) is 4.71. The summed E-state index contributed by atoms with van der Waals surface area (Å²) in [4.78, 5) is 0. The van der Waals surface area contributed by atoms with Crippen molar-refractivity contribution in [2.24, 2.45) is 0 Å². The molecule has 1 aromatic heterocycles. The summed E-state index contributed by atoms with van der Waals surface area (Å²) < 4.78 is 0. The third kappa shape index (κ3) is 1.01. The molecule has 0 amide bonds. The van der Waals surface area contributed by atoms with Gasteiger partial charge in [0.05, 0.1) is 11.9 Å². The van der Waals surface area contributed by atoms with Crippen molar-refractivity contribution in [2.45, 2.75) is 5.92 Å². The molecule has 1 atom stereocenters. The summed E-state index contributed by atoms with van der Waals surface area (Å²) in [5.41, 5.74) is 3.70. The molecule has 2 aliphatic carbocycles. The second-order valence-corrected chi connectivity index (χ2v) is 3.49. The Morgan fingerprint density at radius 2 is 2.14 bits per heavy atom. The van der Waals surface area contributed by atoms with Crippen LogP contribution in [0.1, 0.15) is 17.2 Å². The molecular formula is C12H10N2. The van der Waals surface area contributed by atoms with Gasteiger partial charge in [0.2, 0.25) is 0 Å². The van der Waals surface area contributed by atoms with E-state index in [0.29, 0.717) is 5.92 Å². The number of aromatic nitrogens is 2. The van der Waals surface area contributed by atoms with E-state index in [1.807, 2.05) is 6.20 Å². The predicted octanol–water partition coefficient (Wildman–Crippen LogP) is 2.57. The number of fused-ring (bicyclic) bond motifs is 3. The molecular weight excluding hydrogens is 172 g/mol. The maximum Gasteiger partial charge on any atom is 0.0563 e. The van der Waals surface area contributed by atoms with E-state index in [0.717, 1.165) is 0 Å². The SMILES string of the molecule is C1=CC=C2C=Cc3cn[nH]c3C2C=C1. The Morgan fingerprint density at radius 1 is 1.14 bits per heavy atom. The van der Waals surface area contributed by atoms with Crippen LogP contribution < -0.4 is 0 Å². The maximum absolute atomic E-state index is 4.07. The fraction of sp³-hybridized carbons (Fsp3) is 0.0833. The van der Waals surface area contributed by atoms with E-state index in [1.165, 1.54) is 16.8 Å². The summed E-state index contributed by atoms with van der Waals surface area (Å²) in [6, 6.07) is 0. The zero-order valence-electron chi connectivity index (χ0n) is 7.64. The molecule has 0 aliphatic heterocycles. The topological polar surface area (TPSA) is 28.7 Å². The van der Waals surface area contributed by atoms with Gasteiger partial charge < -0.3 is 0 Å². The zero-order valence-corrected chi connectivity index (χ0v) is 7.64. The molecule has 0 spiro atoms. The van der Waals surface area contributed by atoms with Crippen molar-refractivity contribution in [3.8, 4) is 0 Å². The monoisotopic (exact) mass is 182 g/mol. The molecule has 0 radical (unpaired) electrons.